The van der Waals surface area contributed by atoms with Crippen LogP contribution in [-0.2, 0) is 19.0 Å². The zero-order valence-corrected chi connectivity index (χ0v) is 14.0. The van der Waals surface area contributed by atoms with Crippen LogP contribution in [-0.4, -0.2) is 60.5 Å². The largest absolute Gasteiger partial charge is 0.478 e. The molecule has 26 heavy (non-hydrogen) atoms. The Morgan fingerprint density at radius 3 is 2.04 bits per heavy atom. The third kappa shape index (κ3) is 6.36. The number of hydrogen-bond acceptors (Lipinski definition) is 7. The summed E-state index contributed by atoms with van der Waals surface area (Å²) in [5, 5.41) is 17.9. The van der Waals surface area contributed by atoms with Crippen LogP contribution in [0, 0.1) is 0 Å². The van der Waals surface area contributed by atoms with Gasteiger partial charge in [-0.2, -0.15) is 0 Å². The van der Waals surface area contributed by atoms with E-state index in [1.54, 1.807) is 0 Å². The quantitative estimate of drug-likeness (QED) is 0.357. The van der Waals surface area contributed by atoms with Crippen molar-refractivity contribution in [2.24, 2.45) is 0 Å². The Morgan fingerprint density at radius 2 is 1.50 bits per heavy atom. The number of esters is 2. The second-order valence-corrected chi connectivity index (χ2v) is 5.04. The highest BCUT2D eigenvalue weighted by Crippen LogP contribution is 2.13. The van der Waals surface area contributed by atoms with Crippen LogP contribution in [0.4, 0.5) is 0 Å². The first-order chi connectivity index (χ1) is 12.2. The van der Waals surface area contributed by atoms with Crippen LogP contribution in [0.3, 0.4) is 0 Å². The molecule has 1 rings (SSSR count). The van der Waals surface area contributed by atoms with Gasteiger partial charge in [-0.05, 0) is 25.1 Å². The second-order valence-electron chi connectivity index (χ2n) is 5.04. The molecule has 0 aliphatic rings. The molecule has 0 saturated heterocycles. The highest BCUT2D eigenvalue weighted by molar-refractivity contribution is 6.03. The van der Waals surface area contributed by atoms with Crippen LogP contribution < -0.4 is 0 Å². The van der Waals surface area contributed by atoms with E-state index in [0.717, 1.165) is 18.2 Å². The van der Waals surface area contributed by atoms with Gasteiger partial charge in [-0.15, -0.1) is 0 Å². The molecule has 0 spiro atoms. The highest BCUT2D eigenvalue weighted by atomic mass is 16.6. The van der Waals surface area contributed by atoms with Gasteiger partial charge in [0.1, 0.15) is 13.2 Å². The lowest BCUT2D eigenvalue weighted by molar-refractivity contribution is -0.140. The van der Waals surface area contributed by atoms with Crippen molar-refractivity contribution < 1.29 is 43.6 Å². The topological polar surface area (TPSA) is 136 Å². The number of carboxylic acid groups (broad SMARTS) is 2. The average molecular weight is 366 g/mol. The van der Waals surface area contributed by atoms with Gasteiger partial charge in [-0.25, -0.2) is 19.2 Å². The fourth-order valence-electron chi connectivity index (χ4n) is 1.73. The zero-order valence-electron chi connectivity index (χ0n) is 14.0. The van der Waals surface area contributed by atoms with E-state index >= 15 is 0 Å². The molecule has 2 N–H and O–H groups in total. The van der Waals surface area contributed by atoms with Gasteiger partial charge in [0, 0.05) is 5.57 Å². The number of benzene rings is 1. The van der Waals surface area contributed by atoms with E-state index in [9.17, 15) is 19.2 Å². The van der Waals surface area contributed by atoms with E-state index in [0.29, 0.717) is 0 Å². The zero-order chi connectivity index (χ0) is 19.7. The summed E-state index contributed by atoms with van der Waals surface area (Å²) >= 11 is 0. The van der Waals surface area contributed by atoms with Crippen LogP contribution in [0.25, 0.3) is 0 Å². The minimum absolute atomic E-state index is 0.0261. The molecule has 0 fully saturated rings. The van der Waals surface area contributed by atoms with E-state index in [-0.39, 0.29) is 37.6 Å². The molecule has 0 aliphatic heterocycles. The summed E-state index contributed by atoms with van der Waals surface area (Å²) in [4.78, 5) is 45.0. The van der Waals surface area contributed by atoms with Crippen LogP contribution >= 0.6 is 0 Å². The normalized spacial score (nSPS) is 10.0. The summed E-state index contributed by atoms with van der Waals surface area (Å²) < 4.78 is 14.8. The lowest BCUT2D eigenvalue weighted by Gasteiger charge is -2.08. The van der Waals surface area contributed by atoms with E-state index in [1.165, 1.54) is 6.92 Å². The van der Waals surface area contributed by atoms with Crippen molar-refractivity contribution in [1.29, 1.82) is 0 Å². The average Bonchev–Trinajstić information content (AvgIpc) is 2.59. The van der Waals surface area contributed by atoms with Gasteiger partial charge in [0.05, 0.1) is 29.9 Å². The molecule has 0 unspecified atom stereocenters. The highest BCUT2D eigenvalue weighted by Gasteiger charge is 2.19. The predicted molar refractivity (Wildman–Crippen MR) is 87.2 cm³/mol. The number of rotatable bonds is 10. The van der Waals surface area contributed by atoms with Crippen molar-refractivity contribution >= 4 is 23.9 Å². The SMILES string of the molecule is C=C(C)C(=O)OCCOCCOC(=O)c1ccc(C(=O)O)c(C(=O)O)c1. The van der Waals surface area contributed by atoms with Gasteiger partial charge in [0.25, 0.3) is 0 Å². The maximum atomic E-state index is 11.9. The van der Waals surface area contributed by atoms with Gasteiger partial charge >= 0.3 is 23.9 Å². The van der Waals surface area contributed by atoms with Crippen molar-refractivity contribution in [3.63, 3.8) is 0 Å². The molecule has 0 radical (unpaired) electrons. The number of carbonyl (C=O) groups excluding carboxylic acids is 2. The van der Waals surface area contributed by atoms with Crippen LogP contribution in [0.15, 0.2) is 30.4 Å². The lowest BCUT2D eigenvalue weighted by Crippen LogP contribution is -2.16. The van der Waals surface area contributed by atoms with Crippen molar-refractivity contribution in [3.05, 3.63) is 47.0 Å². The Kier molecular flexibility index (Phi) is 7.97. The summed E-state index contributed by atoms with van der Waals surface area (Å²) in [5.74, 6) is -4.23. The predicted octanol–water partition coefficient (Wildman–Crippen LogP) is 1.38. The molecule has 9 nitrogen and oxygen atoms in total. The van der Waals surface area contributed by atoms with E-state index < -0.39 is 35.0 Å². The van der Waals surface area contributed by atoms with Crippen LogP contribution in [0.5, 0.6) is 0 Å². The van der Waals surface area contributed by atoms with E-state index in [1.807, 2.05) is 0 Å². The molecule has 140 valence electrons. The van der Waals surface area contributed by atoms with Gasteiger partial charge < -0.3 is 24.4 Å². The van der Waals surface area contributed by atoms with Gasteiger partial charge in [-0.1, -0.05) is 6.58 Å². The van der Waals surface area contributed by atoms with Crippen molar-refractivity contribution in [2.75, 3.05) is 26.4 Å². The lowest BCUT2D eigenvalue weighted by atomic mass is 10.0. The molecule has 0 heterocycles. The maximum Gasteiger partial charge on any atom is 0.338 e. The number of hydrogen-bond donors (Lipinski definition) is 2. The smallest absolute Gasteiger partial charge is 0.338 e. The fraction of sp³-hybridized carbons (Fsp3) is 0.294. The molecular formula is C17H18O9. The summed E-state index contributed by atoms with van der Waals surface area (Å²) in [6.45, 7) is 4.99. The standard InChI is InChI=1S/C17H18O9/c1-10(2)16(22)25-7-5-24-6-8-26-17(23)11-3-4-12(14(18)19)13(9-11)15(20)21/h3-4,9H,1,5-8H2,2H3,(H,18,19)(H,20,21). The van der Waals surface area contributed by atoms with Crippen molar-refractivity contribution in [2.45, 2.75) is 6.92 Å². The first-order valence-corrected chi connectivity index (χ1v) is 7.42. The Hall–Kier alpha value is -3.20. The molecule has 0 saturated carbocycles. The summed E-state index contributed by atoms with van der Waals surface area (Å²) in [6, 6.07) is 3.12. The van der Waals surface area contributed by atoms with Crippen LogP contribution in [0.2, 0.25) is 0 Å². The molecule has 0 aromatic heterocycles. The summed E-state index contributed by atoms with van der Waals surface area (Å²) in [5.41, 5.74) is -0.763. The molecular weight excluding hydrogens is 348 g/mol. The third-order valence-electron chi connectivity index (χ3n) is 2.99. The van der Waals surface area contributed by atoms with Crippen molar-refractivity contribution in [3.8, 4) is 0 Å². The second kappa shape index (κ2) is 9.94. The first kappa shape index (κ1) is 20.8. The maximum absolute atomic E-state index is 11.9. The summed E-state index contributed by atoms with van der Waals surface area (Å²) in [7, 11) is 0. The van der Waals surface area contributed by atoms with E-state index in [4.69, 9.17) is 24.4 Å². The van der Waals surface area contributed by atoms with Gasteiger partial charge in [0.2, 0.25) is 0 Å². The molecule has 0 aliphatic carbocycles. The van der Waals surface area contributed by atoms with Crippen LogP contribution in [0.1, 0.15) is 38.0 Å². The molecule has 1 aromatic rings. The third-order valence-corrected chi connectivity index (χ3v) is 2.99. The Labute approximate surface area is 148 Å². The minimum Gasteiger partial charge on any atom is -0.478 e. The number of aromatic carboxylic acids is 2. The van der Waals surface area contributed by atoms with Crippen molar-refractivity contribution in [1.82, 2.24) is 0 Å². The number of ether oxygens (including phenoxy) is 3. The van der Waals surface area contributed by atoms with Gasteiger partial charge in [-0.3, -0.25) is 0 Å². The van der Waals surface area contributed by atoms with E-state index in [2.05, 4.69) is 6.58 Å². The van der Waals surface area contributed by atoms with Gasteiger partial charge in [0.15, 0.2) is 0 Å². The molecule has 0 atom stereocenters. The monoisotopic (exact) mass is 366 g/mol. The number of carbonyl (C=O) groups is 4. The Bertz CT molecular complexity index is 721. The Morgan fingerprint density at radius 1 is 0.923 bits per heavy atom. The fourth-order valence-corrected chi connectivity index (χ4v) is 1.73. The minimum atomic E-state index is -1.47. The number of carboxylic acids is 2. The summed E-state index contributed by atoms with van der Waals surface area (Å²) in [6.07, 6.45) is 0. The molecule has 1 aromatic carbocycles. The Balaban J connectivity index is 2.43. The molecule has 0 amide bonds. The molecule has 9 heteroatoms. The first-order valence-electron chi connectivity index (χ1n) is 7.42. The molecule has 0 bridgehead atoms.